The van der Waals surface area contributed by atoms with Crippen LogP contribution in [0.1, 0.15) is 12.5 Å². The molecule has 0 amide bonds. The number of methoxy groups -OCH3 is 1. The van der Waals surface area contributed by atoms with E-state index in [4.69, 9.17) is 14.6 Å². The van der Waals surface area contributed by atoms with Crippen LogP contribution in [0.3, 0.4) is 0 Å². The second-order valence-corrected chi connectivity index (χ2v) is 4.85. The highest BCUT2D eigenvalue weighted by atomic mass is 79.9. The summed E-state index contributed by atoms with van der Waals surface area (Å²) in [5.41, 5.74) is 0.901. The van der Waals surface area contributed by atoms with Crippen LogP contribution in [0, 0.1) is 0 Å². The molecule has 0 heterocycles. The molecule has 0 aliphatic rings. The molecule has 1 rings (SSSR count). The number of nitrogens with one attached hydrogen (secondary N) is 1. The molecule has 0 saturated carbocycles. The molecular formula is C13H18BrNO4. The van der Waals surface area contributed by atoms with E-state index >= 15 is 0 Å². The van der Waals surface area contributed by atoms with Crippen molar-refractivity contribution in [2.75, 3.05) is 20.3 Å². The molecule has 0 bridgehead atoms. The van der Waals surface area contributed by atoms with Crippen molar-refractivity contribution in [1.82, 2.24) is 5.32 Å². The maximum atomic E-state index is 10.9. The summed E-state index contributed by atoms with van der Waals surface area (Å²) in [5.74, 6) is -0.434. The monoisotopic (exact) mass is 331 g/mol. The van der Waals surface area contributed by atoms with E-state index in [9.17, 15) is 4.79 Å². The smallest absolute Gasteiger partial charge is 0.344 e. The summed E-state index contributed by atoms with van der Waals surface area (Å²) in [6, 6.07) is 5.60. The van der Waals surface area contributed by atoms with Crippen LogP contribution in [0.25, 0.3) is 0 Å². The minimum absolute atomic E-state index is 0.558. The summed E-state index contributed by atoms with van der Waals surface area (Å²) in [4.78, 5) is 10.9. The van der Waals surface area contributed by atoms with Gasteiger partial charge in [-0.1, -0.05) is 12.1 Å². The van der Waals surface area contributed by atoms with Crippen LogP contribution < -0.4 is 10.1 Å². The highest BCUT2D eigenvalue weighted by molar-refractivity contribution is 9.10. The van der Waals surface area contributed by atoms with E-state index in [-0.39, 0.29) is 0 Å². The van der Waals surface area contributed by atoms with Gasteiger partial charge in [0.15, 0.2) is 6.10 Å². The van der Waals surface area contributed by atoms with Gasteiger partial charge in [0, 0.05) is 25.8 Å². The third-order valence-corrected chi connectivity index (χ3v) is 3.11. The van der Waals surface area contributed by atoms with Crippen molar-refractivity contribution < 1.29 is 19.4 Å². The Kier molecular flexibility index (Phi) is 6.83. The molecule has 1 unspecified atom stereocenters. The lowest BCUT2D eigenvalue weighted by atomic mass is 10.2. The van der Waals surface area contributed by atoms with Crippen molar-refractivity contribution in [2.24, 2.45) is 0 Å². The van der Waals surface area contributed by atoms with Gasteiger partial charge in [0.2, 0.25) is 0 Å². The van der Waals surface area contributed by atoms with Gasteiger partial charge in [0.05, 0.1) is 11.1 Å². The maximum Gasteiger partial charge on any atom is 0.344 e. The van der Waals surface area contributed by atoms with E-state index < -0.39 is 12.1 Å². The van der Waals surface area contributed by atoms with Crippen LogP contribution in [0.4, 0.5) is 0 Å². The van der Waals surface area contributed by atoms with Crippen LogP contribution in [0.5, 0.6) is 5.75 Å². The minimum atomic E-state index is -0.992. The van der Waals surface area contributed by atoms with Crippen molar-refractivity contribution in [3.8, 4) is 5.75 Å². The molecule has 1 aromatic rings. The number of rotatable bonds is 8. The number of hydrogen-bond donors (Lipinski definition) is 2. The van der Waals surface area contributed by atoms with Crippen molar-refractivity contribution >= 4 is 21.9 Å². The Morgan fingerprint density at radius 3 is 2.89 bits per heavy atom. The van der Waals surface area contributed by atoms with Crippen LogP contribution in [0.2, 0.25) is 0 Å². The summed E-state index contributed by atoms with van der Waals surface area (Å²) in [7, 11) is 1.64. The van der Waals surface area contributed by atoms with E-state index in [1.165, 1.54) is 6.92 Å². The maximum absolute atomic E-state index is 10.9. The van der Waals surface area contributed by atoms with E-state index in [0.717, 1.165) is 16.6 Å². The molecule has 2 N–H and O–H groups in total. The Morgan fingerprint density at radius 1 is 1.53 bits per heavy atom. The fraction of sp³-hybridized carbons (Fsp3) is 0.462. The molecule has 0 fully saturated rings. The Balaban J connectivity index is 2.74. The van der Waals surface area contributed by atoms with Crippen LogP contribution in [-0.2, 0) is 16.1 Å². The highest BCUT2D eigenvalue weighted by Crippen LogP contribution is 2.30. The first-order chi connectivity index (χ1) is 9.06. The van der Waals surface area contributed by atoms with Crippen molar-refractivity contribution in [1.29, 1.82) is 0 Å². The van der Waals surface area contributed by atoms with E-state index in [0.29, 0.717) is 18.9 Å². The standard InChI is InChI=1S/C13H18BrNO4/c1-9(13(16)17)19-12-10(4-3-5-11(12)14)8-15-6-7-18-2/h3-5,9,15H,6-8H2,1-2H3,(H,16,17). The number of aliphatic carboxylic acids is 1. The number of benzene rings is 1. The van der Waals surface area contributed by atoms with Crippen LogP contribution in [-0.4, -0.2) is 37.4 Å². The van der Waals surface area contributed by atoms with Gasteiger partial charge >= 0.3 is 5.97 Å². The SMILES string of the molecule is COCCNCc1cccc(Br)c1OC(C)C(=O)O. The summed E-state index contributed by atoms with van der Waals surface area (Å²) in [5, 5.41) is 12.1. The lowest BCUT2D eigenvalue weighted by Crippen LogP contribution is -2.25. The summed E-state index contributed by atoms with van der Waals surface area (Å²) in [6.07, 6.45) is -0.892. The predicted molar refractivity (Wildman–Crippen MR) is 75.5 cm³/mol. The summed E-state index contributed by atoms with van der Waals surface area (Å²) < 4.78 is 11.2. The number of ether oxygens (including phenoxy) is 2. The van der Waals surface area contributed by atoms with Crippen LogP contribution >= 0.6 is 15.9 Å². The molecule has 0 saturated heterocycles. The van der Waals surface area contributed by atoms with Crippen LogP contribution in [0.15, 0.2) is 22.7 Å². The first-order valence-corrected chi connectivity index (χ1v) is 6.72. The van der Waals surface area contributed by atoms with Gasteiger partial charge in [-0.05, 0) is 28.9 Å². The molecule has 0 aromatic heterocycles. The largest absolute Gasteiger partial charge is 0.479 e. The normalized spacial score (nSPS) is 12.2. The van der Waals surface area contributed by atoms with Gasteiger partial charge in [-0.2, -0.15) is 0 Å². The number of carboxylic acid groups (broad SMARTS) is 1. The Bertz CT molecular complexity index is 425. The number of para-hydroxylation sites is 1. The number of carbonyl (C=O) groups is 1. The average Bonchev–Trinajstić information content (AvgIpc) is 2.38. The molecule has 19 heavy (non-hydrogen) atoms. The quantitative estimate of drug-likeness (QED) is 0.713. The van der Waals surface area contributed by atoms with Gasteiger partial charge < -0.3 is 19.9 Å². The van der Waals surface area contributed by atoms with Gasteiger partial charge in [-0.15, -0.1) is 0 Å². The van der Waals surface area contributed by atoms with Gasteiger partial charge in [0.1, 0.15) is 5.75 Å². The van der Waals surface area contributed by atoms with Crippen molar-refractivity contribution in [2.45, 2.75) is 19.6 Å². The Morgan fingerprint density at radius 2 is 2.26 bits per heavy atom. The van der Waals surface area contributed by atoms with Gasteiger partial charge in [-0.25, -0.2) is 4.79 Å². The van der Waals surface area contributed by atoms with Gasteiger partial charge in [-0.3, -0.25) is 0 Å². The molecule has 0 aliphatic carbocycles. The predicted octanol–water partition coefficient (Wildman–Crippen LogP) is 2.04. The third kappa shape index (κ3) is 5.18. The topological polar surface area (TPSA) is 67.8 Å². The molecule has 5 nitrogen and oxygen atoms in total. The summed E-state index contributed by atoms with van der Waals surface area (Å²) in [6.45, 7) is 3.43. The number of carboxylic acids is 1. The first kappa shape index (κ1) is 15.9. The van der Waals surface area contributed by atoms with Crippen molar-refractivity contribution in [3.05, 3.63) is 28.2 Å². The molecule has 1 aromatic carbocycles. The molecule has 106 valence electrons. The average molecular weight is 332 g/mol. The zero-order chi connectivity index (χ0) is 14.3. The molecule has 0 radical (unpaired) electrons. The molecule has 6 heteroatoms. The minimum Gasteiger partial charge on any atom is -0.479 e. The summed E-state index contributed by atoms with van der Waals surface area (Å²) >= 11 is 3.38. The van der Waals surface area contributed by atoms with Gasteiger partial charge in [0.25, 0.3) is 0 Å². The second kappa shape index (κ2) is 8.14. The molecule has 0 spiro atoms. The molecule has 1 atom stereocenters. The third-order valence-electron chi connectivity index (χ3n) is 2.49. The fourth-order valence-corrected chi connectivity index (χ4v) is 1.95. The van der Waals surface area contributed by atoms with E-state index in [1.807, 2.05) is 18.2 Å². The number of hydrogen-bond acceptors (Lipinski definition) is 4. The lowest BCUT2D eigenvalue weighted by Gasteiger charge is -2.16. The van der Waals surface area contributed by atoms with Crippen molar-refractivity contribution in [3.63, 3.8) is 0 Å². The Labute approximate surface area is 121 Å². The highest BCUT2D eigenvalue weighted by Gasteiger charge is 2.16. The zero-order valence-electron chi connectivity index (χ0n) is 11.0. The van der Waals surface area contributed by atoms with E-state index in [1.54, 1.807) is 7.11 Å². The van der Waals surface area contributed by atoms with E-state index in [2.05, 4.69) is 21.2 Å². The molecule has 0 aliphatic heterocycles. The second-order valence-electron chi connectivity index (χ2n) is 4.00. The fourth-order valence-electron chi connectivity index (χ4n) is 1.45. The first-order valence-electron chi connectivity index (χ1n) is 5.92. The zero-order valence-corrected chi connectivity index (χ0v) is 12.6. The number of halogens is 1. The lowest BCUT2D eigenvalue weighted by molar-refractivity contribution is -0.144. The molecular weight excluding hydrogens is 314 g/mol. The Hall–Kier alpha value is -1.11.